The van der Waals surface area contributed by atoms with Crippen LogP contribution in [0.4, 0.5) is 0 Å². The van der Waals surface area contributed by atoms with Crippen molar-refractivity contribution in [3.63, 3.8) is 0 Å². The number of methoxy groups -OCH3 is 2. The molecule has 0 amide bonds. The third-order valence-corrected chi connectivity index (χ3v) is 4.27. The van der Waals surface area contributed by atoms with Crippen LogP contribution in [0.25, 0.3) is 16.9 Å². The zero-order valence-electron chi connectivity index (χ0n) is 15.9. The summed E-state index contributed by atoms with van der Waals surface area (Å²) in [7, 11) is 3.23. The SMILES string of the molecule is CCOC(=O)c1nn(-c2ccccc2OC)c(-c2ccc(OC)cc2)c1C. The minimum absolute atomic E-state index is 0.286. The molecule has 0 unspecified atom stereocenters. The highest BCUT2D eigenvalue weighted by atomic mass is 16.5. The van der Waals surface area contributed by atoms with E-state index < -0.39 is 5.97 Å². The van der Waals surface area contributed by atoms with Gasteiger partial charge in [0, 0.05) is 11.1 Å². The average molecular weight is 366 g/mol. The van der Waals surface area contributed by atoms with Crippen LogP contribution in [0.3, 0.4) is 0 Å². The van der Waals surface area contributed by atoms with Gasteiger partial charge in [-0.2, -0.15) is 5.10 Å². The van der Waals surface area contributed by atoms with Gasteiger partial charge in [0.05, 0.1) is 26.5 Å². The van der Waals surface area contributed by atoms with E-state index in [1.54, 1.807) is 25.8 Å². The van der Waals surface area contributed by atoms with Gasteiger partial charge in [-0.25, -0.2) is 9.48 Å². The highest BCUT2D eigenvalue weighted by Gasteiger charge is 2.24. The third-order valence-electron chi connectivity index (χ3n) is 4.27. The number of ether oxygens (including phenoxy) is 3. The molecule has 6 nitrogen and oxygen atoms in total. The summed E-state index contributed by atoms with van der Waals surface area (Å²) >= 11 is 0. The lowest BCUT2D eigenvalue weighted by atomic mass is 10.1. The fourth-order valence-corrected chi connectivity index (χ4v) is 2.96. The minimum atomic E-state index is -0.446. The molecule has 0 saturated carbocycles. The summed E-state index contributed by atoms with van der Waals surface area (Å²) in [6.45, 7) is 3.93. The molecule has 27 heavy (non-hydrogen) atoms. The van der Waals surface area contributed by atoms with E-state index in [2.05, 4.69) is 5.10 Å². The summed E-state index contributed by atoms with van der Waals surface area (Å²) in [5.41, 5.74) is 3.47. The monoisotopic (exact) mass is 366 g/mol. The number of nitrogens with zero attached hydrogens (tertiary/aromatic N) is 2. The van der Waals surface area contributed by atoms with Crippen LogP contribution < -0.4 is 9.47 Å². The van der Waals surface area contributed by atoms with Crippen LogP contribution in [-0.4, -0.2) is 36.6 Å². The lowest BCUT2D eigenvalue weighted by molar-refractivity contribution is 0.0518. The second kappa shape index (κ2) is 7.95. The molecule has 3 aromatic rings. The topological polar surface area (TPSA) is 62.6 Å². The van der Waals surface area contributed by atoms with E-state index in [0.717, 1.165) is 28.3 Å². The quantitative estimate of drug-likeness (QED) is 0.616. The van der Waals surface area contributed by atoms with Crippen molar-refractivity contribution in [3.05, 3.63) is 59.8 Å². The Morgan fingerprint density at radius 1 is 1.04 bits per heavy atom. The molecule has 0 aliphatic heterocycles. The molecule has 140 valence electrons. The number of carbonyl (C=O) groups excluding carboxylic acids is 1. The van der Waals surface area contributed by atoms with Crippen molar-refractivity contribution in [2.24, 2.45) is 0 Å². The fraction of sp³-hybridized carbons (Fsp3) is 0.238. The Hall–Kier alpha value is -3.28. The van der Waals surface area contributed by atoms with E-state index in [9.17, 15) is 4.79 Å². The molecule has 0 bridgehead atoms. The molecule has 0 radical (unpaired) electrons. The number of benzene rings is 2. The molecular formula is C21H22N2O4. The van der Waals surface area contributed by atoms with Crippen molar-refractivity contribution in [3.8, 4) is 28.4 Å². The summed E-state index contributed by atoms with van der Waals surface area (Å²) in [5.74, 6) is 0.967. The van der Waals surface area contributed by atoms with Crippen molar-refractivity contribution in [2.75, 3.05) is 20.8 Å². The van der Waals surface area contributed by atoms with Crippen molar-refractivity contribution in [1.82, 2.24) is 9.78 Å². The van der Waals surface area contributed by atoms with E-state index in [4.69, 9.17) is 14.2 Å². The summed E-state index contributed by atoms with van der Waals surface area (Å²) in [6, 6.07) is 15.2. The molecule has 6 heteroatoms. The molecule has 1 heterocycles. The Morgan fingerprint density at radius 3 is 2.37 bits per heavy atom. The number of hydrogen-bond donors (Lipinski definition) is 0. The normalized spacial score (nSPS) is 10.5. The van der Waals surface area contributed by atoms with E-state index in [0.29, 0.717) is 5.75 Å². The van der Waals surface area contributed by atoms with Crippen LogP contribution in [0, 0.1) is 6.92 Å². The van der Waals surface area contributed by atoms with Crippen LogP contribution in [0.2, 0.25) is 0 Å². The molecule has 0 aliphatic rings. The van der Waals surface area contributed by atoms with Crippen LogP contribution in [0.15, 0.2) is 48.5 Å². The molecule has 0 aliphatic carbocycles. The van der Waals surface area contributed by atoms with Crippen molar-refractivity contribution < 1.29 is 19.0 Å². The zero-order valence-corrected chi connectivity index (χ0v) is 15.9. The van der Waals surface area contributed by atoms with Gasteiger partial charge in [-0.3, -0.25) is 0 Å². The Balaban J connectivity index is 2.24. The van der Waals surface area contributed by atoms with Gasteiger partial charge >= 0.3 is 5.97 Å². The largest absolute Gasteiger partial charge is 0.497 e. The first kappa shape index (κ1) is 18.5. The van der Waals surface area contributed by atoms with Crippen molar-refractivity contribution >= 4 is 5.97 Å². The molecule has 0 N–H and O–H groups in total. The summed E-state index contributed by atoms with van der Waals surface area (Å²) < 4.78 is 17.6. The Labute approximate surface area is 158 Å². The Morgan fingerprint density at radius 2 is 1.74 bits per heavy atom. The number of carbonyl (C=O) groups is 1. The predicted molar refractivity (Wildman–Crippen MR) is 103 cm³/mol. The van der Waals surface area contributed by atoms with Crippen LogP contribution in [0.1, 0.15) is 23.0 Å². The molecule has 1 aromatic heterocycles. The van der Waals surface area contributed by atoms with E-state index in [1.165, 1.54) is 0 Å². The first-order chi connectivity index (χ1) is 13.1. The molecule has 3 rings (SSSR count). The first-order valence-corrected chi connectivity index (χ1v) is 8.65. The van der Waals surface area contributed by atoms with Gasteiger partial charge in [0.1, 0.15) is 17.2 Å². The van der Waals surface area contributed by atoms with E-state index in [1.807, 2.05) is 55.5 Å². The van der Waals surface area contributed by atoms with Gasteiger partial charge in [0.2, 0.25) is 0 Å². The second-order valence-corrected chi connectivity index (χ2v) is 5.85. The fourth-order valence-electron chi connectivity index (χ4n) is 2.96. The maximum atomic E-state index is 12.4. The molecule has 2 aromatic carbocycles. The second-order valence-electron chi connectivity index (χ2n) is 5.85. The number of para-hydroxylation sites is 2. The number of aromatic nitrogens is 2. The van der Waals surface area contributed by atoms with Crippen LogP contribution >= 0.6 is 0 Å². The zero-order chi connectivity index (χ0) is 19.4. The van der Waals surface area contributed by atoms with Gasteiger partial charge in [-0.1, -0.05) is 12.1 Å². The van der Waals surface area contributed by atoms with Gasteiger partial charge in [-0.05, 0) is 50.2 Å². The molecular weight excluding hydrogens is 344 g/mol. The number of hydrogen-bond acceptors (Lipinski definition) is 5. The smallest absolute Gasteiger partial charge is 0.359 e. The third kappa shape index (κ3) is 3.51. The molecule has 0 fully saturated rings. The van der Waals surface area contributed by atoms with E-state index >= 15 is 0 Å². The highest BCUT2D eigenvalue weighted by molar-refractivity contribution is 5.91. The van der Waals surface area contributed by atoms with Gasteiger partial charge in [0.15, 0.2) is 5.69 Å². The molecule has 0 atom stereocenters. The molecule has 0 saturated heterocycles. The maximum Gasteiger partial charge on any atom is 0.359 e. The van der Waals surface area contributed by atoms with Gasteiger partial charge in [-0.15, -0.1) is 0 Å². The van der Waals surface area contributed by atoms with E-state index in [-0.39, 0.29) is 12.3 Å². The predicted octanol–water partition coefficient (Wildman–Crippen LogP) is 4.04. The van der Waals surface area contributed by atoms with Gasteiger partial charge in [0.25, 0.3) is 0 Å². The minimum Gasteiger partial charge on any atom is -0.497 e. The first-order valence-electron chi connectivity index (χ1n) is 8.65. The van der Waals surface area contributed by atoms with Crippen LogP contribution in [0.5, 0.6) is 11.5 Å². The Kier molecular flexibility index (Phi) is 5.45. The lowest BCUT2D eigenvalue weighted by Gasteiger charge is -2.12. The highest BCUT2D eigenvalue weighted by Crippen LogP contribution is 2.33. The van der Waals surface area contributed by atoms with Crippen molar-refractivity contribution in [1.29, 1.82) is 0 Å². The summed E-state index contributed by atoms with van der Waals surface area (Å²) in [4.78, 5) is 12.4. The summed E-state index contributed by atoms with van der Waals surface area (Å²) in [5, 5.41) is 4.56. The maximum absolute atomic E-state index is 12.4. The standard InChI is InChI=1S/C21H22N2O4/c1-5-27-21(24)19-14(2)20(15-10-12-16(25-3)13-11-15)23(22-19)17-8-6-7-9-18(17)26-4/h6-13H,5H2,1-4H3. The number of esters is 1. The molecule has 0 spiro atoms. The Bertz CT molecular complexity index is 945. The van der Waals surface area contributed by atoms with Crippen LogP contribution in [-0.2, 0) is 4.74 Å². The van der Waals surface area contributed by atoms with Crippen molar-refractivity contribution in [2.45, 2.75) is 13.8 Å². The number of rotatable bonds is 6. The van der Waals surface area contributed by atoms with Gasteiger partial charge < -0.3 is 14.2 Å². The summed E-state index contributed by atoms with van der Waals surface area (Å²) in [6.07, 6.45) is 0. The lowest BCUT2D eigenvalue weighted by Crippen LogP contribution is -2.08. The average Bonchev–Trinajstić information content (AvgIpc) is 3.05.